The largest absolute Gasteiger partial charge is 0.480 e. The van der Waals surface area contributed by atoms with Crippen molar-refractivity contribution in [2.75, 3.05) is 0 Å². The Balaban J connectivity index is 1.78. The molecule has 1 atom stereocenters. The number of aliphatic carboxylic acids is 1. The number of amides is 2. The Morgan fingerprint density at radius 3 is 2.03 bits per heavy atom. The quantitative estimate of drug-likeness (QED) is 0.519. The maximum Gasteiger partial charge on any atom is 0.411 e. The Labute approximate surface area is 196 Å². The Kier molecular flexibility index (Phi) is 6.77. The van der Waals surface area contributed by atoms with Crippen LogP contribution in [0.3, 0.4) is 0 Å². The second-order valence-corrected chi connectivity index (χ2v) is 7.89. The van der Waals surface area contributed by atoms with E-state index in [0.717, 1.165) is 5.56 Å². The van der Waals surface area contributed by atoms with Crippen molar-refractivity contribution in [1.29, 1.82) is 0 Å². The summed E-state index contributed by atoms with van der Waals surface area (Å²) in [5.41, 5.74) is 7.28. The summed E-state index contributed by atoms with van der Waals surface area (Å²) in [5, 5.41) is 10.1. The third kappa shape index (κ3) is 4.85. The summed E-state index contributed by atoms with van der Waals surface area (Å²) >= 11 is 0. The van der Waals surface area contributed by atoms with Crippen LogP contribution < -0.4 is 10.5 Å². The summed E-state index contributed by atoms with van der Waals surface area (Å²) in [6, 6.07) is 21.2. The summed E-state index contributed by atoms with van der Waals surface area (Å²) < 4.78 is 11.6. The monoisotopic (exact) mass is 460 g/mol. The van der Waals surface area contributed by atoms with Gasteiger partial charge < -0.3 is 20.3 Å². The van der Waals surface area contributed by atoms with Gasteiger partial charge in [0.2, 0.25) is 5.91 Å². The van der Waals surface area contributed by atoms with Crippen LogP contribution >= 0.6 is 0 Å². The van der Waals surface area contributed by atoms with E-state index in [-0.39, 0.29) is 19.4 Å². The molecular weight excluding hydrogens is 436 g/mol. The topological polar surface area (TPSA) is 119 Å². The van der Waals surface area contributed by atoms with E-state index >= 15 is 0 Å². The first-order chi connectivity index (χ1) is 16.5. The van der Waals surface area contributed by atoms with Gasteiger partial charge in [-0.25, -0.2) is 9.59 Å². The maximum absolute atomic E-state index is 13.5. The molecule has 8 nitrogen and oxygen atoms in total. The van der Waals surface area contributed by atoms with Crippen molar-refractivity contribution in [2.45, 2.75) is 31.5 Å². The molecule has 0 fully saturated rings. The molecule has 0 aliphatic carbocycles. The molecule has 3 aromatic carbocycles. The van der Waals surface area contributed by atoms with Gasteiger partial charge in [0.15, 0.2) is 0 Å². The van der Waals surface area contributed by atoms with Crippen molar-refractivity contribution in [3.8, 4) is 11.5 Å². The minimum absolute atomic E-state index is 0.0369. The second-order valence-electron chi connectivity index (χ2n) is 7.89. The van der Waals surface area contributed by atoms with Gasteiger partial charge in [-0.05, 0) is 24.1 Å². The van der Waals surface area contributed by atoms with E-state index in [1.54, 1.807) is 60.7 Å². The number of primary amides is 1. The van der Waals surface area contributed by atoms with Crippen molar-refractivity contribution < 1.29 is 29.0 Å². The molecule has 34 heavy (non-hydrogen) atoms. The van der Waals surface area contributed by atoms with Crippen LogP contribution in [0.15, 0.2) is 78.9 Å². The molecule has 0 saturated heterocycles. The number of hydrogen-bond acceptors (Lipinski definition) is 5. The van der Waals surface area contributed by atoms with Gasteiger partial charge in [-0.3, -0.25) is 9.69 Å². The first kappa shape index (κ1) is 22.8. The number of carboxylic acid groups (broad SMARTS) is 1. The van der Waals surface area contributed by atoms with Gasteiger partial charge in [-0.15, -0.1) is 0 Å². The molecule has 0 radical (unpaired) electrons. The van der Waals surface area contributed by atoms with Crippen molar-refractivity contribution in [2.24, 2.45) is 5.73 Å². The Morgan fingerprint density at radius 2 is 1.47 bits per heavy atom. The highest BCUT2D eigenvalue weighted by molar-refractivity contribution is 5.82. The molecule has 174 valence electrons. The average Bonchev–Trinajstić information content (AvgIpc) is 2.84. The lowest BCUT2D eigenvalue weighted by atomic mass is 9.91. The molecule has 3 aromatic rings. The second kappa shape index (κ2) is 10.1. The third-order valence-electron chi connectivity index (χ3n) is 5.63. The molecule has 2 amide bonds. The predicted molar refractivity (Wildman–Crippen MR) is 123 cm³/mol. The molecule has 0 aromatic heterocycles. The number of carbonyl (C=O) groups excluding carboxylic acids is 2. The van der Waals surface area contributed by atoms with Crippen LogP contribution in [0.5, 0.6) is 11.5 Å². The van der Waals surface area contributed by atoms with Crippen molar-refractivity contribution in [3.05, 3.63) is 95.6 Å². The molecule has 4 rings (SSSR count). The highest BCUT2D eigenvalue weighted by Gasteiger charge is 2.42. The molecule has 0 saturated carbocycles. The lowest BCUT2D eigenvalue weighted by Crippen LogP contribution is -2.48. The van der Waals surface area contributed by atoms with E-state index in [4.69, 9.17) is 15.2 Å². The summed E-state index contributed by atoms with van der Waals surface area (Å²) in [6.07, 6.45) is -1.18. The molecule has 8 heteroatoms. The smallest absolute Gasteiger partial charge is 0.411 e. The molecule has 0 spiro atoms. The fraction of sp³-hybridized carbons (Fsp3) is 0.192. The van der Waals surface area contributed by atoms with E-state index in [1.165, 1.54) is 4.90 Å². The Hall–Kier alpha value is -4.33. The highest BCUT2D eigenvalue weighted by Crippen LogP contribution is 2.46. The minimum atomic E-state index is -1.36. The SMILES string of the molecule is NC(=O)CC[C@@H](C(=O)O)N(C(=O)OCc1ccccc1)C1c2ccccc2Oc2ccccc21. The number of nitrogens with two attached hydrogens (primary N) is 1. The zero-order valence-electron chi connectivity index (χ0n) is 18.3. The standard InChI is InChI=1S/C26H24N2O6/c27-23(29)15-14-20(25(30)31)28(26(32)33-16-17-8-2-1-3-9-17)24-18-10-4-6-12-21(18)34-22-13-7-5-11-19(22)24/h1-13,20,24H,14-16H2,(H2,27,29)(H,30,31)/t20-/m0/s1. The van der Waals surface area contributed by atoms with Gasteiger partial charge in [-0.2, -0.15) is 0 Å². The van der Waals surface area contributed by atoms with Crippen LogP contribution in [-0.4, -0.2) is 34.0 Å². The van der Waals surface area contributed by atoms with Crippen LogP contribution in [-0.2, 0) is 20.9 Å². The first-order valence-electron chi connectivity index (χ1n) is 10.8. The Morgan fingerprint density at radius 1 is 0.912 bits per heavy atom. The van der Waals surface area contributed by atoms with E-state index in [9.17, 15) is 19.5 Å². The molecule has 0 unspecified atom stereocenters. The van der Waals surface area contributed by atoms with Gasteiger partial charge in [0.05, 0.1) is 6.04 Å². The van der Waals surface area contributed by atoms with Gasteiger partial charge in [0.1, 0.15) is 24.1 Å². The molecular formula is C26H24N2O6. The van der Waals surface area contributed by atoms with Gasteiger partial charge in [-0.1, -0.05) is 66.7 Å². The lowest BCUT2D eigenvalue weighted by Gasteiger charge is -2.39. The number of rotatable bonds is 8. The Bertz CT molecular complexity index is 1150. The van der Waals surface area contributed by atoms with E-state index < -0.39 is 30.1 Å². The van der Waals surface area contributed by atoms with Crippen LogP contribution in [0.4, 0.5) is 4.79 Å². The van der Waals surface area contributed by atoms with E-state index in [2.05, 4.69) is 0 Å². The summed E-state index contributed by atoms with van der Waals surface area (Å²) in [4.78, 5) is 38.5. The fourth-order valence-electron chi connectivity index (χ4n) is 4.05. The zero-order valence-corrected chi connectivity index (χ0v) is 18.3. The third-order valence-corrected chi connectivity index (χ3v) is 5.63. The normalized spacial score (nSPS) is 13.1. The summed E-state index contributed by atoms with van der Waals surface area (Å²) in [7, 11) is 0. The van der Waals surface area contributed by atoms with Crippen LogP contribution in [0.1, 0.15) is 35.6 Å². The van der Waals surface area contributed by atoms with Crippen molar-refractivity contribution in [1.82, 2.24) is 4.90 Å². The number of nitrogens with zero attached hydrogens (tertiary/aromatic N) is 1. The number of benzene rings is 3. The number of hydrogen-bond donors (Lipinski definition) is 2. The predicted octanol–water partition coefficient (Wildman–Crippen LogP) is 4.24. The van der Waals surface area contributed by atoms with E-state index in [0.29, 0.717) is 22.6 Å². The van der Waals surface area contributed by atoms with Gasteiger partial charge in [0, 0.05) is 17.5 Å². The average molecular weight is 460 g/mol. The molecule has 1 aliphatic heterocycles. The van der Waals surface area contributed by atoms with Crippen molar-refractivity contribution >= 4 is 18.0 Å². The van der Waals surface area contributed by atoms with Crippen molar-refractivity contribution in [3.63, 3.8) is 0 Å². The number of carbonyl (C=O) groups is 3. The van der Waals surface area contributed by atoms with Crippen LogP contribution in [0, 0.1) is 0 Å². The van der Waals surface area contributed by atoms with Crippen LogP contribution in [0.2, 0.25) is 0 Å². The van der Waals surface area contributed by atoms with E-state index in [1.807, 2.05) is 18.2 Å². The zero-order chi connectivity index (χ0) is 24.1. The lowest BCUT2D eigenvalue weighted by molar-refractivity contribution is -0.144. The molecule has 1 aliphatic rings. The first-order valence-corrected chi connectivity index (χ1v) is 10.8. The molecule has 3 N–H and O–H groups in total. The van der Waals surface area contributed by atoms with Crippen LogP contribution in [0.25, 0.3) is 0 Å². The minimum Gasteiger partial charge on any atom is -0.480 e. The summed E-state index contributed by atoms with van der Waals surface area (Å²) in [5.74, 6) is -0.909. The highest BCUT2D eigenvalue weighted by atomic mass is 16.6. The number of para-hydroxylation sites is 2. The van der Waals surface area contributed by atoms with Gasteiger partial charge in [0.25, 0.3) is 0 Å². The fourth-order valence-corrected chi connectivity index (χ4v) is 4.05. The molecule has 1 heterocycles. The number of fused-ring (bicyclic) bond motifs is 2. The summed E-state index contributed by atoms with van der Waals surface area (Å²) in [6.45, 7) is -0.0369. The number of ether oxygens (including phenoxy) is 2. The molecule has 0 bridgehead atoms. The maximum atomic E-state index is 13.5. The number of carboxylic acids is 1. The van der Waals surface area contributed by atoms with Gasteiger partial charge >= 0.3 is 12.1 Å².